The van der Waals surface area contributed by atoms with Crippen LogP contribution in [-0.4, -0.2) is 9.55 Å². The normalized spacial score (nSPS) is 14.9. The Morgan fingerprint density at radius 2 is 1.34 bits per heavy atom. The van der Waals surface area contributed by atoms with E-state index in [1.165, 1.54) is 41.3 Å². The first-order chi connectivity index (χ1) is 22.7. The Morgan fingerprint density at radius 3 is 2.09 bits per heavy atom. The van der Waals surface area contributed by atoms with E-state index in [0.717, 1.165) is 40.2 Å². The summed E-state index contributed by atoms with van der Waals surface area (Å²) in [5, 5.41) is 4.48. The second kappa shape index (κ2) is 11.8. The Labute approximate surface area is 289 Å². The van der Waals surface area contributed by atoms with Gasteiger partial charge in [0.2, 0.25) is 0 Å². The molecule has 1 saturated carbocycles. The number of hydrogen-bond acceptors (Lipinski definition) is 3. The van der Waals surface area contributed by atoms with Crippen LogP contribution in [0.5, 0.6) is 11.5 Å². The number of para-hydroxylation sites is 1. The van der Waals surface area contributed by atoms with Crippen LogP contribution in [0.1, 0.15) is 43.2 Å². The molecule has 0 bridgehead atoms. The molecule has 2 aromatic heterocycles. The van der Waals surface area contributed by atoms with Gasteiger partial charge in [-0.1, -0.05) is 115 Å². The van der Waals surface area contributed by atoms with Gasteiger partial charge < -0.3 is 13.9 Å². The summed E-state index contributed by atoms with van der Waals surface area (Å²) in [7, 11) is -3.19. The molecule has 0 unspecified atom stereocenters. The zero-order chi connectivity index (χ0) is 30.7. The first-order valence-corrected chi connectivity index (χ1v) is 17.8. The molecule has 0 amide bonds. The fraction of sp³-hybridized carbons (Fsp3) is 0.146. The summed E-state index contributed by atoms with van der Waals surface area (Å²) in [5.41, 5.74) is 4.88. The summed E-state index contributed by atoms with van der Waals surface area (Å²) in [6.07, 6.45) is 7.94. The molecule has 0 atom stereocenters. The predicted octanol–water partition coefficient (Wildman–Crippen LogP) is 8.77. The van der Waals surface area contributed by atoms with E-state index in [9.17, 15) is 4.57 Å². The zero-order valence-electron chi connectivity index (χ0n) is 25.6. The van der Waals surface area contributed by atoms with Gasteiger partial charge >= 0.3 is 21.1 Å². The van der Waals surface area contributed by atoms with E-state index in [2.05, 4.69) is 53.1 Å². The van der Waals surface area contributed by atoms with Gasteiger partial charge in [-0.3, -0.25) is 0 Å². The second-order valence-electron chi connectivity index (χ2n) is 12.4. The minimum Gasteiger partial charge on any atom is -0.509 e. The van der Waals surface area contributed by atoms with E-state index in [1.807, 2.05) is 91.1 Å². The predicted molar refractivity (Wildman–Crippen MR) is 186 cm³/mol. The van der Waals surface area contributed by atoms with Crippen LogP contribution in [-0.2, 0) is 31.0 Å². The van der Waals surface area contributed by atoms with E-state index in [4.69, 9.17) is 9.72 Å². The van der Waals surface area contributed by atoms with Crippen molar-refractivity contribution < 1.29 is 30.4 Å². The van der Waals surface area contributed by atoms with Gasteiger partial charge in [0.1, 0.15) is 13.0 Å². The first-order valence-electron chi connectivity index (χ1n) is 16.0. The van der Waals surface area contributed by atoms with E-state index < -0.39 is 7.14 Å². The van der Waals surface area contributed by atoms with Crippen molar-refractivity contribution in [1.82, 2.24) is 9.55 Å². The number of pyridine rings is 1. The fourth-order valence-electron chi connectivity index (χ4n) is 7.92. The molecule has 6 heteroatoms. The maximum atomic E-state index is 15.0. The molecule has 47 heavy (non-hydrogen) atoms. The van der Waals surface area contributed by atoms with Gasteiger partial charge in [-0.05, 0) is 29.9 Å². The monoisotopic (exact) mass is 809 g/mol. The molecular weight excluding hydrogens is 779 g/mol. The Bertz CT molecular complexity index is 2270. The second-order valence-corrected chi connectivity index (χ2v) is 15.2. The zero-order valence-corrected chi connectivity index (χ0v) is 28.8. The molecule has 232 valence electrons. The van der Waals surface area contributed by atoms with Gasteiger partial charge in [-0.15, -0.1) is 29.7 Å². The van der Waals surface area contributed by atoms with Crippen molar-refractivity contribution in [3.63, 3.8) is 0 Å². The summed E-state index contributed by atoms with van der Waals surface area (Å²) >= 11 is 0. The van der Waals surface area contributed by atoms with Crippen molar-refractivity contribution >= 4 is 44.9 Å². The third-order valence-electron chi connectivity index (χ3n) is 9.96. The molecule has 0 radical (unpaired) electrons. The minimum absolute atomic E-state index is 0. The van der Waals surface area contributed by atoms with Crippen molar-refractivity contribution in [3.8, 4) is 17.3 Å². The molecule has 0 N–H and O–H groups in total. The Morgan fingerprint density at radius 1 is 0.660 bits per heavy atom. The van der Waals surface area contributed by atoms with Crippen molar-refractivity contribution in [1.29, 1.82) is 0 Å². The molecule has 1 spiro atoms. The van der Waals surface area contributed by atoms with Crippen LogP contribution in [0.3, 0.4) is 0 Å². The molecule has 9 rings (SSSR count). The van der Waals surface area contributed by atoms with E-state index in [1.54, 1.807) is 0 Å². The van der Waals surface area contributed by atoms with Crippen molar-refractivity contribution in [2.24, 2.45) is 0 Å². The number of nitrogens with zero attached hydrogens (tertiary/aromatic N) is 2. The third kappa shape index (κ3) is 4.61. The van der Waals surface area contributed by atoms with Crippen LogP contribution in [0.15, 0.2) is 128 Å². The van der Waals surface area contributed by atoms with Gasteiger partial charge in [-0.2, -0.15) is 18.2 Å². The van der Waals surface area contributed by atoms with Gasteiger partial charge in [0, 0.05) is 44.8 Å². The number of benzene rings is 5. The Hall–Kier alpha value is -4.23. The van der Waals surface area contributed by atoms with Gasteiger partial charge in [0.25, 0.3) is 0 Å². The molecule has 7 aromatic rings. The Balaban J connectivity index is 0.00000324. The van der Waals surface area contributed by atoms with E-state index in [-0.39, 0.29) is 26.5 Å². The fourth-order valence-corrected chi connectivity index (χ4v) is 10.5. The van der Waals surface area contributed by atoms with Crippen LogP contribution in [0.4, 0.5) is 0 Å². The quantitative estimate of drug-likeness (QED) is 0.129. The smallest absolute Gasteiger partial charge is 0.509 e. The number of fused-ring (bicyclic) bond motifs is 7. The van der Waals surface area contributed by atoms with Crippen LogP contribution >= 0.6 is 7.14 Å². The van der Waals surface area contributed by atoms with E-state index >= 15 is 0 Å². The van der Waals surface area contributed by atoms with Gasteiger partial charge in [0.15, 0.2) is 0 Å². The van der Waals surface area contributed by atoms with Crippen LogP contribution in [0.25, 0.3) is 27.6 Å². The standard InChI is InChI=1S/C41H31N2O2P.Pt/c44-46(31-14-4-1-5-15-31,32-16-6-2-7-17-32)33-18-10-13-29(27-33)45-30-22-23-34-35-19-11-20-36-39(35)43(38(34)28-30)40-37(21-12-26-42-40)41(36)24-8-3-9-25-41;/h1-2,4-7,10-23,26H,3,8-9,24-25H2;/q-2;+2. The van der Waals surface area contributed by atoms with Gasteiger partial charge in [-0.25, -0.2) is 4.98 Å². The average molecular weight is 810 g/mol. The molecule has 3 heterocycles. The number of rotatable bonds is 5. The topological polar surface area (TPSA) is 44.1 Å². The Kier molecular flexibility index (Phi) is 7.55. The molecule has 1 aliphatic heterocycles. The molecule has 4 nitrogen and oxygen atoms in total. The SMILES string of the molecule is O=P(c1[c-]c(Oc2[c-]c3c(cc2)c2cccc4c2n3-c2ncccc2C42CCCCC2)ccc1)(c1ccccc1)c1ccccc1.[Pt+2]. The number of aromatic nitrogens is 2. The van der Waals surface area contributed by atoms with Crippen LogP contribution < -0.4 is 20.7 Å². The van der Waals surface area contributed by atoms with Crippen molar-refractivity contribution in [2.75, 3.05) is 0 Å². The maximum absolute atomic E-state index is 15.0. The summed E-state index contributed by atoms with van der Waals surface area (Å²) in [6.45, 7) is 0. The van der Waals surface area contributed by atoms with Crippen molar-refractivity contribution in [3.05, 3.63) is 151 Å². The first kappa shape index (κ1) is 30.1. The van der Waals surface area contributed by atoms with E-state index in [0.29, 0.717) is 16.8 Å². The van der Waals surface area contributed by atoms with Crippen molar-refractivity contribution in [2.45, 2.75) is 37.5 Å². The largest absolute Gasteiger partial charge is 2.00 e. The number of hydrogen-bond donors (Lipinski definition) is 0. The summed E-state index contributed by atoms with van der Waals surface area (Å²) in [5.74, 6) is 2.07. The summed E-state index contributed by atoms with van der Waals surface area (Å²) in [6, 6.07) is 47.2. The van der Waals surface area contributed by atoms with Crippen LogP contribution in [0.2, 0.25) is 0 Å². The molecule has 1 fully saturated rings. The maximum Gasteiger partial charge on any atom is 2.00 e. The molecule has 1 aliphatic carbocycles. The van der Waals surface area contributed by atoms with Gasteiger partial charge in [0.05, 0.1) is 0 Å². The molecule has 0 saturated heterocycles. The van der Waals surface area contributed by atoms with Crippen LogP contribution in [0, 0.1) is 12.1 Å². The minimum atomic E-state index is -3.19. The molecule has 5 aromatic carbocycles. The third-order valence-corrected chi connectivity index (χ3v) is 13.0. The average Bonchev–Trinajstić information content (AvgIpc) is 3.46. The summed E-state index contributed by atoms with van der Waals surface area (Å²) < 4.78 is 23.7. The molecular formula is C41H31N2O2PPt. The molecule has 2 aliphatic rings. The summed E-state index contributed by atoms with van der Waals surface area (Å²) in [4.78, 5) is 4.99. The number of ether oxygens (including phenoxy) is 1.